The van der Waals surface area contributed by atoms with Crippen LogP contribution in [0.2, 0.25) is 5.02 Å². The second-order valence-electron chi connectivity index (χ2n) is 4.69. The van der Waals surface area contributed by atoms with Crippen molar-refractivity contribution in [1.82, 2.24) is 5.32 Å². The third-order valence-corrected chi connectivity index (χ3v) is 2.47. The molecular formula is C12H18ClN. The molecule has 0 heterocycles. The van der Waals surface area contributed by atoms with Gasteiger partial charge in [-0.05, 0) is 44.9 Å². The van der Waals surface area contributed by atoms with E-state index in [1.807, 2.05) is 13.0 Å². The van der Waals surface area contributed by atoms with E-state index in [2.05, 4.69) is 38.2 Å². The summed E-state index contributed by atoms with van der Waals surface area (Å²) in [5.74, 6) is 0. The quantitative estimate of drug-likeness (QED) is 0.789. The fraction of sp³-hybridized carbons (Fsp3) is 0.500. The van der Waals surface area contributed by atoms with Crippen LogP contribution in [0, 0.1) is 6.92 Å². The molecule has 1 rings (SSSR count). The number of nitrogens with one attached hydrogen (secondary N) is 1. The normalized spacial score (nSPS) is 11.8. The van der Waals surface area contributed by atoms with E-state index in [0.29, 0.717) is 0 Å². The molecule has 0 saturated carbocycles. The number of benzene rings is 1. The van der Waals surface area contributed by atoms with Gasteiger partial charge in [0.25, 0.3) is 0 Å². The monoisotopic (exact) mass is 211 g/mol. The summed E-state index contributed by atoms with van der Waals surface area (Å²) in [6, 6.07) is 6.14. The maximum absolute atomic E-state index is 5.95. The minimum Gasteiger partial charge on any atom is -0.308 e. The number of rotatable bonds is 2. The Kier molecular flexibility index (Phi) is 3.57. The minimum absolute atomic E-state index is 0.160. The van der Waals surface area contributed by atoms with Gasteiger partial charge in [-0.3, -0.25) is 0 Å². The van der Waals surface area contributed by atoms with Gasteiger partial charge < -0.3 is 5.32 Å². The van der Waals surface area contributed by atoms with Gasteiger partial charge in [0, 0.05) is 17.1 Å². The van der Waals surface area contributed by atoms with Crippen molar-refractivity contribution in [3.05, 3.63) is 34.3 Å². The first-order valence-corrected chi connectivity index (χ1v) is 5.26. The Morgan fingerprint density at radius 3 is 2.43 bits per heavy atom. The van der Waals surface area contributed by atoms with Crippen molar-refractivity contribution in [3.63, 3.8) is 0 Å². The summed E-state index contributed by atoms with van der Waals surface area (Å²) in [6.45, 7) is 9.41. The lowest BCUT2D eigenvalue weighted by Crippen LogP contribution is -2.35. The Morgan fingerprint density at radius 1 is 1.29 bits per heavy atom. The Labute approximate surface area is 91.5 Å². The van der Waals surface area contributed by atoms with Gasteiger partial charge in [-0.25, -0.2) is 0 Å². The van der Waals surface area contributed by atoms with Gasteiger partial charge in [0.05, 0.1) is 0 Å². The lowest BCUT2D eigenvalue weighted by atomic mass is 10.1. The van der Waals surface area contributed by atoms with Crippen LogP contribution in [0.3, 0.4) is 0 Å². The molecule has 0 amide bonds. The summed E-state index contributed by atoms with van der Waals surface area (Å²) in [5, 5.41) is 4.28. The number of aryl methyl sites for hydroxylation is 1. The molecule has 1 aromatic rings. The van der Waals surface area contributed by atoms with Crippen molar-refractivity contribution in [2.75, 3.05) is 0 Å². The predicted molar refractivity (Wildman–Crippen MR) is 62.8 cm³/mol. The molecule has 2 heteroatoms. The lowest BCUT2D eigenvalue weighted by molar-refractivity contribution is 0.424. The molecule has 1 aromatic carbocycles. The minimum atomic E-state index is 0.160. The summed E-state index contributed by atoms with van der Waals surface area (Å²) in [6.07, 6.45) is 0. The fourth-order valence-electron chi connectivity index (χ4n) is 1.18. The largest absolute Gasteiger partial charge is 0.308 e. The number of hydrogen-bond acceptors (Lipinski definition) is 1. The first-order valence-electron chi connectivity index (χ1n) is 4.88. The molecule has 0 radical (unpaired) electrons. The molecule has 78 valence electrons. The Morgan fingerprint density at radius 2 is 1.93 bits per heavy atom. The highest BCUT2D eigenvalue weighted by Gasteiger charge is 2.08. The summed E-state index contributed by atoms with van der Waals surface area (Å²) in [4.78, 5) is 0. The van der Waals surface area contributed by atoms with Crippen molar-refractivity contribution >= 4 is 11.6 Å². The van der Waals surface area contributed by atoms with Gasteiger partial charge in [-0.1, -0.05) is 23.7 Å². The van der Waals surface area contributed by atoms with Gasteiger partial charge in [-0.2, -0.15) is 0 Å². The highest BCUT2D eigenvalue weighted by atomic mass is 35.5. The molecule has 0 saturated heterocycles. The molecule has 0 aliphatic rings. The van der Waals surface area contributed by atoms with E-state index in [1.54, 1.807) is 0 Å². The average molecular weight is 212 g/mol. The first-order chi connectivity index (χ1) is 6.38. The van der Waals surface area contributed by atoms with Gasteiger partial charge in [-0.15, -0.1) is 0 Å². The highest BCUT2D eigenvalue weighted by Crippen LogP contribution is 2.16. The van der Waals surface area contributed by atoms with E-state index in [-0.39, 0.29) is 5.54 Å². The van der Waals surface area contributed by atoms with Crippen LogP contribution >= 0.6 is 11.6 Å². The summed E-state index contributed by atoms with van der Waals surface area (Å²) >= 11 is 5.95. The van der Waals surface area contributed by atoms with E-state index in [4.69, 9.17) is 11.6 Å². The SMILES string of the molecule is Cc1cc(CNC(C)(C)C)ccc1Cl. The predicted octanol–water partition coefficient (Wildman–Crippen LogP) is 3.54. The average Bonchev–Trinajstić information content (AvgIpc) is 2.06. The molecule has 0 fully saturated rings. The second-order valence-corrected chi connectivity index (χ2v) is 5.09. The van der Waals surface area contributed by atoms with Gasteiger partial charge in [0.1, 0.15) is 0 Å². The Hall–Kier alpha value is -0.530. The summed E-state index contributed by atoms with van der Waals surface area (Å²) in [5.41, 5.74) is 2.58. The van der Waals surface area contributed by atoms with Gasteiger partial charge in [0.2, 0.25) is 0 Å². The molecule has 0 unspecified atom stereocenters. The van der Waals surface area contributed by atoms with Crippen LogP contribution < -0.4 is 5.32 Å². The van der Waals surface area contributed by atoms with Crippen LogP contribution in [-0.2, 0) is 6.54 Å². The molecule has 0 aliphatic heterocycles. The van der Waals surface area contributed by atoms with Crippen LogP contribution in [0.5, 0.6) is 0 Å². The van der Waals surface area contributed by atoms with Crippen molar-refractivity contribution < 1.29 is 0 Å². The topological polar surface area (TPSA) is 12.0 Å². The molecule has 1 N–H and O–H groups in total. The molecule has 0 aromatic heterocycles. The smallest absolute Gasteiger partial charge is 0.0435 e. The molecule has 1 nitrogen and oxygen atoms in total. The van der Waals surface area contributed by atoms with E-state index in [1.165, 1.54) is 5.56 Å². The zero-order valence-electron chi connectivity index (χ0n) is 9.32. The Bertz CT molecular complexity index is 313. The first kappa shape index (κ1) is 11.5. The van der Waals surface area contributed by atoms with Crippen LogP contribution in [0.1, 0.15) is 31.9 Å². The number of halogens is 1. The molecule has 0 aliphatic carbocycles. The zero-order chi connectivity index (χ0) is 10.8. The maximum atomic E-state index is 5.95. The molecule has 0 spiro atoms. The number of hydrogen-bond donors (Lipinski definition) is 1. The van der Waals surface area contributed by atoms with Crippen molar-refractivity contribution in [2.24, 2.45) is 0 Å². The molecule has 0 atom stereocenters. The molecule has 14 heavy (non-hydrogen) atoms. The third-order valence-electron chi connectivity index (χ3n) is 2.05. The van der Waals surface area contributed by atoms with Crippen molar-refractivity contribution in [2.45, 2.75) is 39.8 Å². The van der Waals surface area contributed by atoms with E-state index >= 15 is 0 Å². The van der Waals surface area contributed by atoms with Gasteiger partial charge >= 0.3 is 0 Å². The molecular weight excluding hydrogens is 194 g/mol. The summed E-state index contributed by atoms with van der Waals surface area (Å²) in [7, 11) is 0. The standard InChI is InChI=1S/C12H18ClN/c1-9-7-10(5-6-11(9)13)8-14-12(2,3)4/h5-7,14H,8H2,1-4H3. The van der Waals surface area contributed by atoms with Crippen LogP contribution in [0.15, 0.2) is 18.2 Å². The summed E-state index contributed by atoms with van der Waals surface area (Å²) < 4.78 is 0. The van der Waals surface area contributed by atoms with Crippen LogP contribution in [-0.4, -0.2) is 5.54 Å². The second kappa shape index (κ2) is 4.33. The van der Waals surface area contributed by atoms with Crippen molar-refractivity contribution in [1.29, 1.82) is 0 Å². The molecule has 0 bridgehead atoms. The van der Waals surface area contributed by atoms with E-state index in [0.717, 1.165) is 17.1 Å². The Balaban J connectivity index is 2.65. The lowest BCUT2D eigenvalue weighted by Gasteiger charge is -2.20. The zero-order valence-corrected chi connectivity index (χ0v) is 10.1. The van der Waals surface area contributed by atoms with E-state index in [9.17, 15) is 0 Å². The fourth-order valence-corrected chi connectivity index (χ4v) is 1.30. The maximum Gasteiger partial charge on any atom is 0.0435 e. The van der Waals surface area contributed by atoms with E-state index < -0.39 is 0 Å². The highest BCUT2D eigenvalue weighted by molar-refractivity contribution is 6.31. The van der Waals surface area contributed by atoms with Crippen LogP contribution in [0.25, 0.3) is 0 Å². The van der Waals surface area contributed by atoms with Crippen molar-refractivity contribution in [3.8, 4) is 0 Å². The van der Waals surface area contributed by atoms with Gasteiger partial charge in [0.15, 0.2) is 0 Å². The third kappa shape index (κ3) is 3.69. The van der Waals surface area contributed by atoms with Crippen LogP contribution in [0.4, 0.5) is 0 Å².